The van der Waals surface area contributed by atoms with Gasteiger partial charge in [-0.2, -0.15) is 0 Å². The molecule has 2 N–H and O–H groups in total. The highest BCUT2D eigenvalue weighted by Gasteiger charge is 2.20. The molecule has 2 aromatic rings. The zero-order valence-electron chi connectivity index (χ0n) is 11.8. The molecule has 0 bridgehead atoms. The van der Waals surface area contributed by atoms with Crippen molar-refractivity contribution in [1.29, 1.82) is 0 Å². The summed E-state index contributed by atoms with van der Waals surface area (Å²) >= 11 is 0. The Balaban J connectivity index is 0.00000106. The number of pyridine rings is 1. The number of hydrogen-bond donors (Lipinski definition) is 2. The van der Waals surface area contributed by atoms with Crippen LogP contribution in [0.5, 0.6) is 5.75 Å². The van der Waals surface area contributed by atoms with Crippen LogP contribution in [0.4, 0.5) is 0 Å². The fraction of sp³-hybridized carbons (Fsp3) is 0.0588. The predicted octanol–water partition coefficient (Wildman–Crippen LogP) is 4.03. The number of aromatic carboxylic acids is 1. The molecule has 0 saturated heterocycles. The van der Waals surface area contributed by atoms with E-state index in [0.29, 0.717) is 16.5 Å². The maximum Gasteiger partial charge on any atom is 0.340 e. The molecule has 2 rings (SSSR count). The highest BCUT2D eigenvalue weighted by molar-refractivity contribution is 6.06. The maximum absolute atomic E-state index is 11.4. The van der Waals surface area contributed by atoms with Crippen LogP contribution in [-0.2, 0) is 0 Å². The first-order valence-electron chi connectivity index (χ1n) is 6.24. The van der Waals surface area contributed by atoms with E-state index in [1.165, 1.54) is 6.08 Å². The second kappa shape index (κ2) is 7.05. The number of para-hydroxylation sites is 1. The summed E-state index contributed by atoms with van der Waals surface area (Å²) in [5.74, 6) is -1.52. The van der Waals surface area contributed by atoms with Crippen LogP contribution in [0.1, 0.15) is 23.0 Å². The van der Waals surface area contributed by atoms with Crippen molar-refractivity contribution >= 4 is 22.4 Å². The highest BCUT2D eigenvalue weighted by atomic mass is 16.4. The lowest BCUT2D eigenvalue weighted by Crippen LogP contribution is -2.02. The van der Waals surface area contributed by atoms with Crippen molar-refractivity contribution in [3.8, 4) is 5.75 Å². The molecule has 108 valence electrons. The van der Waals surface area contributed by atoms with Gasteiger partial charge in [0.25, 0.3) is 0 Å². The lowest BCUT2D eigenvalue weighted by Gasteiger charge is -2.10. The minimum absolute atomic E-state index is 0.137. The molecule has 0 radical (unpaired) electrons. The number of aromatic hydroxyl groups is 1. The molecule has 1 heterocycles. The fourth-order valence-corrected chi connectivity index (χ4v) is 1.97. The van der Waals surface area contributed by atoms with Crippen molar-refractivity contribution in [2.24, 2.45) is 0 Å². The summed E-state index contributed by atoms with van der Waals surface area (Å²) in [4.78, 5) is 15.7. The van der Waals surface area contributed by atoms with Gasteiger partial charge in [-0.25, -0.2) is 9.78 Å². The van der Waals surface area contributed by atoms with E-state index in [1.807, 2.05) is 0 Å². The van der Waals surface area contributed by atoms with Gasteiger partial charge in [0.1, 0.15) is 11.3 Å². The molecule has 0 unspecified atom stereocenters. The summed E-state index contributed by atoms with van der Waals surface area (Å²) in [7, 11) is 0. The van der Waals surface area contributed by atoms with Gasteiger partial charge in [-0.15, -0.1) is 13.2 Å². The Hall–Kier alpha value is -2.88. The van der Waals surface area contributed by atoms with Gasteiger partial charge in [-0.05, 0) is 18.6 Å². The SMILES string of the molecule is C=C.C=C/C(=C\C)c1nc2ccccc2c(C(=O)O)c1O. The molecule has 0 fully saturated rings. The van der Waals surface area contributed by atoms with Crippen LogP contribution in [0.15, 0.2) is 56.2 Å². The first kappa shape index (κ1) is 16.2. The van der Waals surface area contributed by atoms with E-state index in [9.17, 15) is 15.0 Å². The van der Waals surface area contributed by atoms with E-state index >= 15 is 0 Å². The maximum atomic E-state index is 11.4. The Morgan fingerprint density at radius 1 is 1.29 bits per heavy atom. The zero-order valence-corrected chi connectivity index (χ0v) is 11.8. The minimum atomic E-state index is -1.18. The number of carboxylic acids is 1. The van der Waals surface area contributed by atoms with E-state index < -0.39 is 5.97 Å². The minimum Gasteiger partial charge on any atom is -0.505 e. The number of carboxylic acid groups (broad SMARTS) is 1. The molecule has 0 amide bonds. The number of aromatic nitrogens is 1. The summed E-state index contributed by atoms with van der Waals surface area (Å²) in [5, 5.41) is 19.9. The van der Waals surface area contributed by atoms with Gasteiger partial charge in [0.2, 0.25) is 0 Å². The topological polar surface area (TPSA) is 70.4 Å². The standard InChI is InChI=1S/C15H13NO3.C2H4/c1-3-9(4-2)13-14(17)12(15(18)19)10-7-5-6-8-11(10)16-13;1-2/h3-8,17H,1H2,2H3,(H,18,19);1-2H2/b9-4+;. The molecule has 0 aliphatic heterocycles. The van der Waals surface area contributed by atoms with Crippen LogP contribution < -0.4 is 0 Å². The van der Waals surface area contributed by atoms with Crippen molar-refractivity contribution in [1.82, 2.24) is 4.98 Å². The van der Waals surface area contributed by atoms with Crippen LogP contribution in [0, 0.1) is 0 Å². The van der Waals surface area contributed by atoms with E-state index in [-0.39, 0.29) is 17.0 Å². The Kier molecular flexibility index (Phi) is 5.43. The van der Waals surface area contributed by atoms with Crippen LogP contribution in [0.25, 0.3) is 16.5 Å². The van der Waals surface area contributed by atoms with Gasteiger partial charge in [-0.3, -0.25) is 0 Å². The number of hydrogen-bond acceptors (Lipinski definition) is 3. The first-order valence-corrected chi connectivity index (χ1v) is 6.24. The number of rotatable bonds is 3. The molecule has 1 aromatic heterocycles. The number of carbonyl (C=O) groups is 1. The number of fused-ring (bicyclic) bond motifs is 1. The van der Waals surface area contributed by atoms with E-state index in [4.69, 9.17) is 0 Å². The van der Waals surface area contributed by atoms with Crippen LogP contribution in [0.2, 0.25) is 0 Å². The normalized spacial score (nSPS) is 10.6. The summed E-state index contributed by atoms with van der Waals surface area (Å²) in [6.45, 7) is 11.4. The molecule has 0 spiro atoms. The second-order valence-corrected chi connectivity index (χ2v) is 3.95. The molecule has 0 saturated carbocycles. The average molecular weight is 283 g/mol. The molecule has 21 heavy (non-hydrogen) atoms. The fourth-order valence-electron chi connectivity index (χ4n) is 1.97. The average Bonchev–Trinajstić information content (AvgIpc) is 2.50. The molecule has 0 atom stereocenters. The van der Waals surface area contributed by atoms with Crippen molar-refractivity contribution in [3.05, 3.63) is 67.4 Å². The van der Waals surface area contributed by atoms with Crippen molar-refractivity contribution in [2.75, 3.05) is 0 Å². The van der Waals surface area contributed by atoms with Crippen LogP contribution in [-0.4, -0.2) is 21.2 Å². The largest absolute Gasteiger partial charge is 0.505 e. The molecule has 0 aliphatic rings. The molecule has 1 aromatic carbocycles. The molecule has 4 heteroatoms. The van der Waals surface area contributed by atoms with Crippen molar-refractivity contribution in [3.63, 3.8) is 0 Å². The number of benzene rings is 1. The summed E-state index contributed by atoms with van der Waals surface area (Å²) in [6.07, 6.45) is 3.25. The number of allylic oxidation sites excluding steroid dienone is 3. The molecule has 0 aliphatic carbocycles. The first-order chi connectivity index (χ1) is 10.1. The lowest BCUT2D eigenvalue weighted by atomic mass is 10.0. The quantitative estimate of drug-likeness (QED) is 0.659. The van der Waals surface area contributed by atoms with E-state index in [1.54, 1.807) is 37.3 Å². The van der Waals surface area contributed by atoms with Gasteiger partial charge >= 0.3 is 5.97 Å². The Morgan fingerprint density at radius 2 is 1.90 bits per heavy atom. The summed E-state index contributed by atoms with van der Waals surface area (Å²) < 4.78 is 0. The Labute approximate surface area is 123 Å². The zero-order chi connectivity index (χ0) is 16.0. The number of nitrogens with zero attached hydrogens (tertiary/aromatic N) is 1. The molecule has 4 nitrogen and oxygen atoms in total. The van der Waals surface area contributed by atoms with E-state index in [2.05, 4.69) is 24.7 Å². The van der Waals surface area contributed by atoms with Gasteiger partial charge in [0, 0.05) is 5.39 Å². The smallest absolute Gasteiger partial charge is 0.340 e. The van der Waals surface area contributed by atoms with Gasteiger partial charge in [0.05, 0.1) is 5.52 Å². The summed E-state index contributed by atoms with van der Waals surface area (Å²) in [5.41, 5.74) is 1.20. The van der Waals surface area contributed by atoms with E-state index in [0.717, 1.165) is 0 Å². The van der Waals surface area contributed by atoms with Crippen molar-refractivity contribution < 1.29 is 15.0 Å². The van der Waals surface area contributed by atoms with Gasteiger partial charge in [-0.1, -0.05) is 36.9 Å². The van der Waals surface area contributed by atoms with Crippen LogP contribution >= 0.6 is 0 Å². The molecular weight excluding hydrogens is 266 g/mol. The van der Waals surface area contributed by atoms with Crippen molar-refractivity contribution in [2.45, 2.75) is 6.92 Å². The Morgan fingerprint density at radius 3 is 2.43 bits per heavy atom. The Bertz CT molecular complexity index is 717. The van der Waals surface area contributed by atoms with Crippen LogP contribution in [0.3, 0.4) is 0 Å². The van der Waals surface area contributed by atoms with Gasteiger partial charge in [0.15, 0.2) is 5.75 Å². The highest BCUT2D eigenvalue weighted by Crippen LogP contribution is 2.33. The molecular formula is C17H17NO3. The monoisotopic (exact) mass is 283 g/mol. The lowest BCUT2D eigenvalue weighted by molar-refractivity contribution is 0.0696. The third-order valence-corrected chi connectivity index (χ3v) is 2.88. The second-order valence-electron chi connectivity index (χ2n) is 3.95. The summed E-state index contributed by atoms with van der Waals surface area (Å²) in [6, 6.07) is 6.81. The third-order valence-electron chi connectivity index (χ3n) is 2.88. The third kappa shape index (κ3) is 3.00. The predicted molar refractivity (Wildman–Crippen MR) is 85.5 cm³/mol. The van der Waals surface area contributed by atoms with Gasteiger partial charge < -0.3 is 10.2 Å².